The molecule has 10 heteroatoms. The molecule has 1 aliphatic heterocycles. The van der Waals surface area contributed by atoms with E-state index in [1.807, 2.05) is 34.3 Å². The van der Waals surface area contributed by atoms with Crippen molar-refractivity contribution in [1.29, 1.82) is 0 Å². The Hall–Kier alpha value is -2.20. The molecular weight excluding hydrogens is 449 g/mol. The van der Waals surface area contributed by atoms with Crippen molar-refractivity contribution in [3.05, 3.63) is 75.5 Å². The summed E-state index contributed by atoms with van der Waals surface area (Å²) in [5, 5.41) is 1.75. The fourth-order valence-corrected chi connectivity index (χ4v) is 5.79. The van der Waals surface area contributed by atoms with Crippen LogP contribution in [-0.2, 0) is 16.6 Å². The highest BCUT2D eigenvalue weighted by Crippen LogP contribution is 2.24. The Morgan fingerprint density at radius 2 is 1.87 bits per heavy atom. The van der Waals surface area contributed by atoms with Gasteiger partial charge in [0.15, 0.2) is 0 Å². The van der Waals surface area contributed by atoms with Crippen molar-refractivity contribution < 1.29 is 17.6 Å². The van der Waals surface area contributed by atoms with Gasteiger partial charge in [0.25, 0.3) is 5.91 Å². The van der Waals surface area contributed by atoms with Crippen LogP contribution in [0.2, 0.25) is 5.02 Å². The minimum Gasteiger partial charge on any atom is -0.338 e. The second kappa shape index (κ2) is 8.50. The second-order valence-electron chi connectivity index (χ2n) is 6.87. The van der Waals surface area contributed by atoms with E-state index in [0.29, 0.717) is 12.2 Å². The van der Waals surface area contributed by atoms with Gasteiger partial charge in [-0.05, 0) is 41.8 Å². The van der Waals surface area contributed by atoms with Crippen molar-refractivity contribution >= 4 is 38.9 Å². The van der Waals surface area contributed by atoms with Crippen LogP contribution in [0.25, 0.3) is 0 Å². The number of aromatic nitrogens is 1. The van der Waals surface area contributed by atoms with E-state index in [2.05, 4.69) is 0 Å². The third-order valence-electron chi connectivity index (χ3n) is 5.01. The largest absolute Gasteiger partial charge is 0.338 e. The van der Waals surface area contributed by atoms with Crippen LogP contribution in [0.5, 0.6) is 0 Å². The summed E-state index contributed by atoms with van der Waals surface area (Å²) in [6.45, 7) is 1.49. The van der Waals surface area contributed by atoms with Crippen molar-refractivity contribution in [3.63, 3.8) is 0 Å². The highest BCUT2D eigenvalue weighted by molar-refractivity contribution is 7.89. The third kappa shape index (κ3) is 4.15. The first kappa shape index (κ1) is 21.0. The molecule has 158 valence electrons. The second-order valence-corrected chi connectivity index (χ2v) is 10.3. The van der Waals surface area contributed by atoms with Crippen LogP contribution in [-0.4, -0.2) is 54.3 Å². The van der Waals surface area contributed by atoms with Gasteiger partial charge < -0.3 is 9.47 Å². The zero-order valence-corrected chi connectivity index (χ0v) is 18.3. The number of sulfonamides is 1. The first-order chi connectivity index (χ1) is 14.4. The summed E-state index contributed by atoms with van der Waals surface area (Å²) < 4.78 is 42.2. The molecule has 3 aromatic rings. The number of thiophene rings is 1. The average molecular weight is 468 g/mol. The Kier molecular flexibility index (Phi) is 5.97. The van der Waals surface area contributed by atoms with Crippen molar-refractivity contribution in [3.8, 4) is 0 Å². The quantitative estimate of drug-likeness (QED) is 0.576. The normalized spacial score (nSPS) is 15.5. The van der Waals surface area contributed by atoms with Crippen molar-refractivity contribution in [1.82, 2.24) is 13.8 Å². The highest BCUT2D eigenvalue weighted by Gasteiger charge is 2.31. The highest BCUT2D eigenvalue weighted by atomic mass is 35.5. The number of nitrogens with zero attached hydrogens (tertiary/aromatic N) is 3. The fraction of sp³-hybridized carbons (Fsp3) is 0.250. The van der Waals surface area contributed by atoms with Gasteiger partial charge in [-0.1, -0.05) is 17.7 Å². The van der Waals surface area contributed by atoms with Crippen molar-refractivity contribution in [2.75, 3.05) is 26.2 Å². The van der Waals surface area contributed by atoms with Crippen LogP contribution < -0.4 is 0 Å². The Bertz CT molecular complexity index is 1150. The molecule has 0 bridgehead atoms. The molecule has 6 nitrogen and oxygen atoms in total. The lowest BCUT2D eigenvalue weighted by atomic mass is 10.3. The zero-order chi connectivity index (χ0) is 21.3. The van der Waals surface area contributed by atoms with E-state index in [0.717, 1.165) is 17.0 Å². The number of benzene rings is 1. The number of hydrogen-bond acceptors (Lipinski definition) is 4. The molecule has 0 radical (unpaired) electrons. The predicted molar refractivity (Wildman–Crippen MR) is 114 cm³/mol. The van der Waals surface area contributed by atoms with E-state index in [1.54, 1.807) is 22.3 Å². The number of halogens is 2. The van der Waals surface area contributed by atoms with Crippen molar-refractivity contribution in [2.24, 2.45) is 0 Å². The van der Waals surface area contributed by atoms with Crippen LogP contribution in [0.1, 0.15) is 15.4 Å². The number of carbonyl (C=O) groups excluding carboxylic acids is 1. The van der Waals surface area contributed by atoms with Gasteiger partial charge in [0.1, 0.15) is 11.5 Å². The van der Waals surface area contributed by atoms with Gasteiger partial charge in [0.2, 0.25) is 10.0 Å². The fourth-order valence-electron chi connectivity index (χ4n) is 3.40. The molecule has 1 aliphatic rings. The molecule has 0 aliphatic carbocycles. The number of rotatable bonds is 5. The molecule has 1 aromatic carbocycles. The standard InChI is InChI=1S/C20H19ClFN3O3S2/c21-17-13-16(5-6-18(17)22)30(27,28)25-10-8-23(9-11-25)20(26)19-4-1-7-24(19)14-15-3-2-12-29-15/h1-7,12-13H,8-11,14H2. The molecule has 1 saturated heterocycles. The van der Waals surface area contributed by atoms with E-state index in [-0.39, 0.29) is 42.0 Å². The van der Waals surface area contributed by atoms with Gasteiger partial charge in [-0.25, -0.2) is 12.8 Å². The van der Waals surface area contributed by atoms with Gasteiger partial charge in [-0.3, -0.25) is 4.79 Å². The summed E-state index contributed by atoms with van der Waals surface area (Å²) in [4.78, 5) is 15.7. The molecule has 1 fully saturated rings. The minimum atomic E-state index is -3.81. The van der Waals surface area contributed by atoms with Crippen molar-refractivity contribution in [2.45, 2.75) is 11.4 Å². The summed E-state index contributed by atoms with van der Waals surface area (Å²) in [5.41, 5.74) is 0.574. The molecule has 0 unspecified atom stereocenters. The monoisotopic (exact) mass is 467 g/mol. The molecule has 2 aromatic heterocycles. The van der Waals surface area contributed by atoms with Gasteiger partial charge in [0, 0.05) is 37.3 Å². The molecule has 0 N–H and O–H groups in total. The Morgan fingerprint density at radius 3 is 2.53 bits per heavy atom. The van der Waals surface area contributed by atoms with E-state index in [1.165, 1.54) is 10.4 Å². The SMILES string of the molecule is O=C(c1cccn1Cc1cccs1)N1CCN(S(=O)(=O)c2ccc(F)c(Cl)c2)CC1. The number of amides is 1. The van der Waals surface area contributed by atoms with Gasteiger partial charge >= 0.3 is 0 Å². The van der Waals surface area contributed by atoms with Gasteiger partial charge in [0.05, 0.1) is 16.5 Å². The maximum absolute atomic E-state index is 13.4. The van der Waals surface area contributed by atoms with Crippen LogP contribution in [0.15, 0.2) is 58.9 Å². The molecule has 4 rings (SSSR count). The minimum absolute atomic E-state index is 0.0569. The van der Waals surface area contributed by atoms with Crippen LogP contribution in [0.3, 0.4) is 0 Å². The third-order valence-corrected chi connectivity index (χ3v) is 8.06. The first-order valence-electron chi connectivity index (χ1n) is 9.28. The maximum Gasteiger partial charge on any atom is 0.270 e. The van der Waals surface area contributed by atoms with E-state index in [4.69, 9.17) is 11.6 Å². The molecule has 0 spiro atoms. The smallest absolute Gasteiger partial charge is 0.270 e. The Balaban J connectivity index is 1.44. The summed E-state index contributed by atoms with van der Waals surface area (Å²) in [6.07, 6.45) is 1.87. The topological polar surface area (TPSA) is 62.6 Å². The van der Waals surface area contributed by atoms with Crippen LogP contribution >= 0.6 is 22.9 Å². The summed E-state index contributed by atoms with van der Waals surface area (Å²) in [6, 6.07) is 11.0. The van der Waals surface area contributed by atoms with Gasteiger partial charge in [-0.2, -0.15) is 4.31 Å². The Morgan fingerprint density at radius 1 is 1.10 bits per heavy atom. The van der Waals surface area contributed by atoms with E-state index in [9.17, 15) is 17.6 Å². The summed E-state index contributed by atoms with van der Waals surface area (Å²) in [7, 11) is -3.81. The van der Waals surface area contributed by atoms with E-state index >= 15 is 0 Å². The molecular formula is C20H19ClFN3O3S2. The molecule has 30 heavy (non-hydrogen) atoms. The lowest BCUT2D eigenvalue weighted by molar-refractivity contribution is 0.0687. The maximum atomic E-state index is 13.4. The molecule has 1 amide bonds. The molecule has 3 heterocycles. The number of carbonyl (C=O) groups is 1. The average Bonchev–Trinajstić information content (AvgIpc) is 3.42. The lowest BCUT2D eigenvalue weighted by Gasteiger charge is -2.34. The van der Waals surface area contributed by atoms with Gasteiger partial charge in [-0.15, -0.1) is 11.3 Å². The predicted octanol–water partition coefficient (Wildman–Crippen LogP) is 3.54. The van der Waals surface area contributed by atoms with Crippen LogP contribution in [0.4, 0.5) is 4.39 Å². The van der Waals surface area contributed by atoms with E-state index < -0.39 is 15.8 Å². The number of hydrogen-bond donors (Lipinski definition) is 0. The first-order valence-corrected chi connectivity index (χ1v) is 12.0. The summed E-state index contributed by atoms with van der Waals surface area (Å²) in [5.74, 6) is -0.796. The Labute approximate surface area is 183 Å². The molecule has 0 saturated carbocycles. The number of piperazine rings is 1. The zero-order valence-electron chi connectivity index (χ0n) is 15.9. The van der Waals surface area contributed by atoms with Crippen LogP contribution in [0, 0.1) is 5.82 Å². The lowest BCUT2D eigenvalue weighted by Crippen LogP contribution is -2.50. The summed E-state index contributed by atoms with van der Waals surface area (Å²) >= 11 is 7.36. The molecule has 0 atom stereocenters.